The van der Waals surface area contributed by atoms with Crippen molar-refractivity contribution in [3.63, 3.8) is 0 Å². The van der Waals surface area contributed by atoms with Crippen molar-refractivity contribution in [3.8, 4) is 6.07 Å². The summed E-state index contributed by atoms with van der Waals surface area (Å²) in [7, 11) is 0. The largest absolute Gasteiger partial charge is 0.370 e. The van der Waals surface area contributed by atoms with Crippen LogP contribution >= 0.6 is 11.6 Å². The lowest BCUT2D eigenvalue weighted by Crippen LogP contribution is -2.47. The Morgan fingerprint density at radius 3 is 2.88 bits per heavy atom. The molecule has 90 valence electrons. The predicted octanol–water partition coefficient (Wildman–Crippen LogP) is 2.39. The molecule has 4 heteroatoms. The molecule has 0 bridgehead atoms. The van der Waals surface area contributed by atoms with Crippen LogP contribution in [0.25, 0.3) is 0 Å². The van der Waals surface area contributed by atoms with Crippen LogP contribution < -0.4 is 10.6 Å². The Labute approximate surface area is 107 Å². The summed E-state index contributed by atoms with van der Waals surface area (Å²) in [6, 6.07) is 7.83. The maximum absolute atomic E-state index is 8.83. The SMILES string of the molecule is CC1CCN(c2ccc(C#N)c(Cl)c2)CC1N. The van der Waals surface area contributed by atoms with Crippen LogP contribution in [0, 0.1) is 17.2 Å². The topological polar surface area (TPSA) is 53.0 Å². The van der Waals surface area contributed by atoms with Crippen molar-refractivity contribution in [2.45, 2.75) is 19.4 Å². The van der Waals surface area contributed by atoms with Crippen LogP contribution in [-0.2, 0) is 0 Å². The van der Waals surface area contributed by atoms with Gasteiger partial charge in [0.05, 0.1) is 10.6 Å². The van der Waals surface area contributed by atoms with Gasteiger partial charge in [-0.1, -0.05) is 18.5 Å². The van der Waals surface area contributed by atoms with Crippen LogP contribution in [-0.4, -0.2) is 19.1 Å². The van der Waals surface area contributed by atoms with Gasteiger partial charge in [-0.25, -0.2) is 0 Å². The predicted molar refractivity (Wildman–Crippen MR) is 70.1 cm³/mol. The fourth-order valence-corrected chi connectivity index (χ4v) is 2.34. The first-order valence-electron chi connectivity index (χ1n) is 5.82. The van der Waals surface area contributed by atoms with Crippen LogP contribution in [0.15, 0.2) is 18.2 Å². The monoisotopic (exact) mass is 249 g/mol. The van der Waals surface area contributed by atoms with Crippen molar-refractivity contribution >= 4 is 17.3 Å². The maximum atomic E-state index is 8.83. The van der Waals surface area contributed by atoms with Gasteiger partial charge in [0.1, 0.15) is 6.07 Å². The molecular weight excluding hydrogens is 234 g/mol. The number of hydrogen-bond acceptors (Lipinski definition) is 3. The number of halogens is 1. The molecule has 2 unspecified atom stereocenters. The van der Waals surface area contributed by atoms with Gasteiger partial charge in [-0.3, -0.25) is 0 Å². The van der Waals surface area contributed by atoms with Gasteiger partial charge in [0.2, 0.25) is 0 Å². The Balaban J connectivity index is 2.18. The van der Waals surface area contributed by atoms with E-state index in [2.05, 4.69) is 17.9 Å². The maximum Gasteiger partial charge on any atom is 0.101 e. The van der Waals surface area contributed by atoms with Crippen molar-refractivity contribution in [2.24, 2.45) is 11.7 Å². The smallest absolute Gasteiger partial charge is 0.101 e. The summed E-state index contributed by atoms with van der Waals surface area (Å²) in [6.07, 6.45) is 1.10. The molecule has 3 nitrogen and oxygen atoms in total. The lowest BCUT2D eigenvalue weighted by Gasteiger charge is -2.36. The van der Waals surface area contributed by atoms with Crippen molar-refractivity contribution in [2.75, 3.05) is 18.0 Å². The van der Waals surface area contributed by atoms with E-state index in [1.54, 1.807) is 6.07 Å². The Morgan fingerprint density at radius 1 is 1.53 bits per heavy atom. The molecule has 1 aliphatic rings. The first-order chi connectivity index (χ1) is 8.11. The van der Waals surface area contributed by atoms with E-state index in [4.69, 9.17) is 22.6 Å². The van der Waals surface area contributed by atoms with Gasteiger partial charge in [-0.15, -0.1) is 0 Å². The number of anilines is 1. The van der Waals surface area contributed by atoms with E-state index in [0.717, 1.165) is 25.2 Å². The second-order valence-electron chi connectivity index (χ2n) is 4.65. The van der Waals surface area contributed by atoms with E-state index >= 15 is 0 Å². The molecule has 1 aromatic rings. The summed E-state index contributed by atoms with van der Waals surface area (Å²) in [4.78, 5) is 2.23. The summed E-state index contributed by atoms with van der Waals surface area (Å²) in [5.74, 6) is 0.570. The summed E-state index contributed by atoms with van der Waals surface area (Å²) in [6.45, 7) is 4.04. The highest BCUT2D eigenvalue weighted by Gasteiger charge is 2.23. The molecule has 1 fully saturated rings. The first-order valence-corrected chi connectivity index (χ1v) is 6.20. The quantitative estimate of drug-likeness (QED) is 0.832. The van der Waals surface area contributed by atoms with E-state index in [0.29, 0.717) is 16.5 Å². The second kappa shape index (κ2) is 4.95. The number of rotatable bonds is 1. The summed E-state index contributed by atoms with van der Waals surface area (Å²) in [5, 5.41) is 9.34. The van der Waals surface area contributed by atoms with Gasteiger partial charge in [0.15, 0.2) is 0 Å². The fourth-order valence-electron chi connectivity index (χ4n) is 2.13. The van der Waals surface area contributed by atoms with Crippen LogP contribution in [0.5, 0.6) is 0 Å². The van der Waals surface area contributed by atoms with Crippen LogP contribution in [0.2, 0.25) is 5.02 Å². The molecule has 2 atom stereocenters. The van der Waals surface area contributed by atoms with Crippen LogP contribution in [0.3, 0.4) is 0 Å². The number of benzene rings is 1. The van der Waals surface area contributed by atoms with Gasteiger partial charge in [-0.2, -0.15) is 5.26 Å². The fraction of sp³-hybridized carbons (Fsp3) is 0.462. The summed E-state index contributed by atoms with van der Waals surface area (Å²) < 4.78 is 0. The number of nitrogens with zero attached hydrogens (tertiary/aromatic N) is 2. The molecule has 1 saturated heterocycles. The molecule has 0 saturated carbocycles. The highest BCUT2D eigenvalue weighted by molar-refractivity contribution is 6.32. The van der Waals surface area contributed by atoms with Gasteiger partial charge in [-0.05, 0) is 30.5 Å². The van der Waals surface area contributed by atoms with E-state index in [1.807, 2.05) is 12.1 Å². The second-order valence-corrected chi connectivity index (χ2v) is 5.06. The lowest BCUT2D eigenvalue weighted by atomic mass is 9.94. The third kappa shape index (κ3) is 2.54. The van der Waals surface area contributed by atoms with E-state index in [-0.39, 0.29) is 6.04 Å². The first kappa shape index (κ1) is 12.2. The Morgan fingerprint density at radius 2 is 2.29 bits per heavy atom. The van der Waals surface area contributed by atoms with Crippen molar-refractivity contribution in [3.05, 3.63) is 28.8 Å². The zero-order valence-corrected chi connectivity index (χ0v) is 10.6. The van der Waals surface area contributed by atoms with E-state index in [9.17, 15) is 0 Å². The number of hydrogen-bond donors (Lipinski definition) is 1. The number of nitrogens with two attached hydrogens (primary N) is 1. The third-order valence-corrected chi connectivity index (χ3v) is 3.77. The minimum atomic E-state index is 0.207. The standard InChI is InChI=1S/C13H16ClN3/c1-9-4-5-17(8-13(9)16)11-3-2-10(7-15)12(14)6-11/h2-3,6,9,13H,4-5,8,16H2,1H3. The molecule has 17 heavy (non-hydrogen) atoms. The van der Waals surface area contributed by atoms with Crippen molar-refractivity contribution < 1.29 is 0 Å². The Hall–Kier alpha value is -1.24. The number of nitriles is 1. The van der Waals surface area contributed by atoms with Gasteiger partial charge in [0.25, 0.3) is 0 Å². The molecule has 0 aliphatic carbocycles. The minimum Gasteiger partial charge on any atom is -0.370 e. The Kier molecular flexibility index (Phi) is 3.56. The molecule has 2 N–H and O–H groups in total. The molecule has 0 amide bonds. The highest BCUT2D eigenvalue weighted by Crippen LogP contribution is 2.26. The van der Waals surface area contributed by atoms with Crippen LogP contribution in [0.1, 0.15) is 18.9 Å². The lowest BCUT2D eigenvalue weighted by molar-refractivity contribution is 0.379. The molecule has 1 heterocycles. The van der Waals surface area contributed by atoms with Crippen molar-refractivity contribution in [1.29, 1.82) is 5.26 Å². The zero-order chi connectivity index (χ0) is 12.4. The minimum absolute atomic E-state index is 0.207. The summed E-state index contributed by atoms with van der Waals surface area (Å²) >= 11 is 6.03. The zero-order valence-electron chi connectivity index (χ0n) is 9.86. The number of piperidine rings is 1. The van der Waals surface area contributed by atoms with Gasteiger partial charge < -0.3 is 10.6 Å². The molecular formula is C13H16ClN3. The third-order valence-electron chi connectivity index (χ3n) is 3.45. The Bertz CT molecular complexity index is 452. The molecule has 1 aliphatic heterocycles. The van der Waals surface area contributed by atoms with Crippen LogP contribution in [0.4, 0.5) is 5.69 Å². The van der Waals surface area contributed by atoms with Crippen molar-refractivity contribution in [1.82, 2.24) is 0 Å². The van der Waals surface area contributed by atoms with E-state index < -0.39 is 0 Å². The molecule has 1 aromatic carbocycles. The molecule has 0 spiro atoms. The molecule has 2 rings (SSSR count). The highest BCUT2D eigenvalue weighted by atomic mass is 35.5. The molecule has 0 aromatic heterocycles. The average Bonchev–Trinajstić information content (AvgIpc) is 2.32. The van der Waals surface area contributed by atoms with E-state index in [1.165, 1.54) is 0 Å². The summed E-state index contributed by atoms with van der Waals surface area (Å²) in [5.41, 5.74) is 7.64. The normalized spacial score (nSPS) is 24.5. The average molecular weight is 250 g/mol. The van der Waals surface area contributed by atoms with Gasteiger partial charge in [0, 0.05) is 24.8 Å². The van der Waals surface area contributed by atoms with Gasteiger partial charge >= 0.3 is 0 Å². The molecule has 0 radical (unpaired) electrons.